The van der Waals surface area contributed by atoms with Gasteiger partial charge >= 0.3 is 18.2 Å². The zero-order chi connectivity index (χ0) is 33.8. The molecule has 0 saturated heterocycles. The lowest BCUT2D eigenvalue weighted by Crippen LogP contribution is -2.57. The number of halogens is 5. The Bertz CT molecular complexity index is 1510. The fraction of sp³-hybridized carbons (Fsp3) is 0.448. The van der Waals surface area contributed by atoms with Gasteiger partial charge in [-0.25, -0.2) is 23.4 Å². The third-order valence-corrected chi connectivity index (χ3v) is 6.38. The van der Waals surface area contributed by atoms with E-state index in [1.807, 2.05) is 41.5 Å². The second-order valence-electron chi connectivity index (χ2n) is 11.5. The van der Waals surface area contributed by atoms with E-state index in [9.17, 15) is 36.6 Å². The van der Waals surface area contributed by atoms with Crippen LogP contribution in [-0.2, 0) is 11.4 Å². The highest BCUT2D eigenvalue weighted by Gasteiger charge is 2.39. The average Bonchev–Trinajstić information content (AvgIpc) is 3.17. The molecule has 15 heteroatoms. The lowest BCUT2D eigenvalue weighted by Gasteiger charge is -2.45. The number of aryl methyl sites for hydroxylation is 2. The monoisotopic (exact) mass is 630 g/mol. The summed E-state index contributed by atoms with van der Waals surface area (Å²) in [6.07, 6.45) is -3.99. The van der Waals surface area contributed by atoms with Crippen molar-refractivity contribution < 1.29 is 51.3 Å². The number of benzene rings is 1. The molecule has 1 aromatic carbocycles. The van der Waals surface area contributed by atoms with Crippen molar-refractivity contribution in [3.8, 4) is 5.75 Å². The Kier molecular flexibility index (Phi) is 11.0. The zero-order valence-corrected chi connectivity index (χ0v) is 25.3. The molecule has 3 aromatic rings. The summed E-state index contributed by atoms with van der Waals surface area (Å²) in [6, 6.07) is 5.30. The van der Waals surface area contributed by atoms with Crippen LogP contribution in [0.5, 0.6) is 5.75 Å². The molecule has 2 amide bonds. The number of carboxylic acid groups (broad SMARTS) is 2. The van der Waals surface area contributed by atoms with Crippen molar-refractivity contribution in [2.75, 3.05) is 6.54 Å². The van der Waals surface area contributed by atoms with Crippen molar-refractivity contribution in [2.45, 2.75) is 78.7 Å². The predicted molar refractivity (Wildman–Crippen MR) is 150 cm³/mol. The van der Waals surface area contributed by atoms with Crippen molar-refractivity contribution in [3.63, 3.8) is 0 Å². The van der Waals surface area contributed by atoms with Crippen LogP contribution in [0.1, 0.15) is 68.3 Å². The summed E-state index contributed by atoms with van der Waals surface area (Å²) in [5.74, 6) is -4.27. The molecule has 2 aromatic heterocycles. The van der Waals surface area contributed by atoms with Crippen LogP contribution in [0.25, 0.3) is 5.65 Å². The quantitative estimate of drug-likeness (QED) is 0.256. The number of hydrogen-bond donors (Lipinski definition) is 3. The highest BCUT2D eigenvalue weighted by Crippen LogP contribution is 2.29. The van der Waals surface area contributed by atoms with Crippen LogP contribution in [0.3, 0.4) is 0 Å². The van der Waals surface area contributed by atoms with E-state index < -0.39 is 41.0 Å². The maximum atomic E-state index is 14.1. The first kappa shape index (κ1) is 35.8. The summed E-state index contributed by atoms with van der Waals surface area (Å²) >= 11 is 0. The minimum Gasteiger partial charge on any atom is -0.485 e. The van der Waals surface area contributed by atoms with Crippen molar-refractivity contribution in [2.24, 2.45) is 0 Å². The first-order chi connectivity index (χ1) is 20.1. The minimum absolute atomic E-state index is 0.198. The average molecular weight is 631 g/mol. The van der Waals surface area contributed by atoms with Crippen molar-refractivity contribution in [1.82, 2.24) is 19.6 Å². The molecule has 44 heavy (non-hydrogen) atoms. The second kappa shape index (κ2) is 13.5. The van der Waals surface area contributed by atoms with E-state index in [4.69, 9.17) is 14.6 Å². The number of hydrogen-bond acceptors (Lipinski definition) is 5. The highest BCUT2D eigenvalue weighted by atomic mass is 19.4. The number of ether oxygens (including phenoxy) is 1. The number of rotatable bonds is 8. The van der Waals surface area contributed by atoms with Gasteiger partial charge in [0, 0.05) is 23.8 Å². The number of aromatic nitrogens is 2. The fourth-order valence-electron chi connectivity index (χ4n) is 4.69. The molecule has 0 atom stereocenters. The van der Waals surface area contributed by atoms with Crippen molar-refractivity contribution in [1.29, 1.82) is 0 Å². The summed E-state index contributed by atoms with van der Waals surface area (Å²) < 4.78 is 67.2. The summed E-state index contributed by atoms with van der Waals surface area (Å²) in [5, 5.41) is 19.7. The number of alkyl halides is 3. The number of aliphatic carboxylic acids is 1. The van der Waals surface area contributed by atoms with E-state index in [-0.39, 0.29) is 30.4 Å². The fourth-order valence-corrected chi connectivity index (χ4v) is 4.69. The van der Waals surface area contributed by atoms with Gasteiger partial charge in [0.2, 0.25) is 0 Å². The molecular weight excluding hydrogens is 595 g/mol. The Hall–Kier alpha value is -4.43. The van der Waals surface area contributed by atoms with E-state index in [2.05, 4.69) is 10.3 Å². The topological polar surface area (TPSA) is 133 Å². The van der Waals surface area contributed by atoms with Gasteiger partial charge in [-0.3, -0.25) is 14.1 Å². The van der Waals surface area contributed by atoms with Gasteiger partial charge in [0.15, 0.2) is 11.4 Å². The Labute approximate surface area is 250 Å². The number of pyridine rings is 1. The van der Waals surface area contributed by atoms with Gasteiger partial charge in [0.25, 0.3) is 5.91 Å². The van der Waals surface area contributed by atoms with E-state index >= 15 is 0 Å². The molecule has 0 bridgehead atoms. The molecule has 0 fully saturated rings. The standard InChI is InChI=1S/C27H34F2N4O4.C2HF3O2/c1-16-13-21(37-15-18-19(28)9-8-10-20(18)29)23-31-17(2)22(32(23)14-16)24(34)30-12-11-27(6,7)33(25(35)36)26(3,4)5;3-2(4,5)1(6)7/h8-10,13-14H,11-12,15H2,1-7H3,(H,30,34)(H,35,36);(H,6,7). The van der Waals surface area contributed by atoms with Crippen LogP contribution < -0.4 is 10.1 Å². The number of nitrogens with one attached hydrogen (secondary N) is 1. The number of carbonyl (C=O) groups excluding carboxylic acids is 1. The van der Waals surface area contributed by atoms with Crippen LogP contribution >= 0.6 is 0 Å². The second-order valence-corrected chi connectivity index (χ2v) is 11.5. The third-order valence-electron chi connectivity index (χ3n) is 6.38. The van der Waals surface area contributed by atoms with Crippen molar-refractivity contribution >= 4 is 23.6 Å². The molecule has 0 aliphatic heterocycles. The van der Waals surface area contributed by atoms with E-state index in [1.54, 1.807) is 23.6 Å². The summed E-state index contributed by atoms with van der Waals surface area (Å²) in [4.78, 5) is 39.8. The predicted octanol–water partition coefficient (Wildman–Crippen LogP) is 6.12. The lowest BCUT2D eigenvalue weighted by atomic mass is 9.92. The molecule has 2 heterocycles. The molecule has 242 valence electrons. The van der Waals surface area contributed by atoms with Gasteiger partial charge in [-0.05, 0) is 78.6 Å². The van der Waals surface area contributed by atoms with Gasteiger partial charge < -0.3 is 20.3 Å². The van der Waals surface area contributed by atoms with Gasteiger partial charge in [0.05, 0.1) is 11.3 Å². The molecule has 0 saturated carbocycles. The highest BCUT2D eigenvalue weighted by molar-refractivity contribution is 5.95. The SMILES string of the molecule is Cc1cc(OCc2c(F)cccc2F)c2nc(C)c(C(=O)NCCC(C)(C)N(C(=O)O)C(C)(C)C)n2c1.O=C(O)C(F)(F)F. The Morgan fingerprint density at radius 3 is 2.05 bits per heavy atom. The van der Waals surface area contributed by atoms with Crippen LogP contribution in [0.2, 0.25) is 0 Å². The number of amides is 2. The molecule has 10 nitrogen and oxygen atoms in total. The van der Waals surface area contributed by atoms with Crippen LogP contribution in [0, 0.1) is 25.5 Å². The number of carboxylic acids is 1. The molecule has 0 unspecified atom stereocenters. The largest absolute Gasteiger partial charge is 0.490 e. The Morgan fingerprint density at radius 1 is 1.02 bits per heavy atom. The maximum absolute atomic E-state index is 14.1. The number of fused-ring (bicyclic) bond motifs is 1. The normalized spacial score (nSPS) is 11.9. The van der Waals surface area contributed by atoms with Crippen LogP contribution in [-0.4, -0.2) is 66.3 Å². The van der Waals surface area contributed by atoms with Crippen LogP contribution in [0.15, 0.2) is 30.5 Å². The van der Waals surface area contributed by atoms with Gasteiger partial charge in [-0.1, -0.05) is 6.07 Å². The van der Waals surface area contributed by atoms with Crippen molar-refractivity contribution in [3.05, 3.63) is 64.6 Å². The summed E-state index contributed by atoms with van der Waals surface area (Å²) in [7, 11) is 0. The third kappa shape index (κ3) is 8.80. The number of nitrogens with zero attached hydrogens (tertiary/aromatic N) is 3. The van der Waals surface area contributed by atoms with Gasteiger partial charge in [0.1, 0.15) is 23.9 Å². The molecule has 3 N–H and O–H groups in total. The zero-order valence-electron chi connectivity index (χ0n) is 25.3. The summed E-state index contributed by atoms with van der Waals surface area (Å²) in [5.41, 5.74) is 0.302. The first-order valence-electron chi connectivity index (χ1n) is 13.2. The molecule has 0 radical (unpaired) electrons. The summed E-state index contributed by atoms with van der Waals surface area (Å²) in [6.45, 7) is 12.5. The van der Waals surface area contributed by atoms with Gasteiger partial charge in [-0.15, -0.1) is 0 Å². The molecule has 0 aliphatic rings. The van der Waals surface area contributed by atoms with E-state index in [0.29, 0.717) is 23.5 Å². The number of carbonyl (C=O) groups is 3. The minimum atomic E-state index is -5.08. The lowest BCUT2D eigenvalue weighted by molar-refractivity contribution is -0.192. The molecule has 0 spiro atoms. The number of imidazole rings is 1. The Morgan fingerprint density at radius 2 is 1.57 bits per heavy atom. The molecular formula is C29H35F5N4O6. The molecule has 3 rings (SSSR count). The first-order valence-corrected chi connectivity index (χ1v) is 13.2. The Balaban J connectivity index is 0.000000860. The molecule has 0 aliphatic carbocycles. The maximum Gasteiger partial charge on any atom is 0.490 e. The van der Waals surface area contributed by atoms with Gasteiger partial charge in [-0.2, -0.15) is 13.2 Å². The van der Waals surface area contributed by atoms with E-state index in [0.717, 1.165) is 17.7 Å². The smallest absolute Gasteiger partial charge is 0.485 e. The van der Waals surface area contributed by atoms with E-state index in [1.165, 1.54) is 11.0 Å². The van der Waals surface area contributed by atoms with Crippen LogP contribution in [0.4, 0.5) is 26.7 Å².